The van der Waals surface area contributed by atoms with Crippen molar-refractivity contribution in [1.29, 1.82) is 0 Å². The van der Waals surface area contributed by atoms with Gasteiger partial charge < -0.3 is 21.1 Å². The molecular formula is C25H29N9O4S. The number of amides is 1. The van der Waals surface area contributed by atoms with Gasteiger partial charge in [0.15, 0.2) is 17.7 Å². The molecule has 1 aliphatic carbocycles. The van der Waals surface area contributed by atoms with E-state index in [0.717, 1.165) is 12.8 Å². The molecule has 2 aliphatic rings. The van der Waals surface area contributed by atoms with Crippen LogP contribution in [0.5, 0.6) is 0 Å². The molecule has 13 nitrogen and oxygen atoms in total. The Kier molecular flexibility index (Phi) is 5.86. The Balaban J connectivity index is 1.44. The van der Waals surface area contributed by atoms with Crippen molar-refractivity contribution in [3.8, 4) is 11.3 Å². The Labute approximate surface area is 224 Å². The summed E-state index contributed by atoms with van der Waals surface area (Å²) < 4.78 is 31.5. The second-order valence-corrected chi connectivity index (χ2v) is 11.9. The lowest BCUT2D eigenvalue weighted by molar-refractivity contribution is 0.0694. The number of aliphatic hydroxyl groups excluding tert-OH is 1. The molecule has 1 aliphatic heterocycles. The minimum absolute atomic E-state index is 0.0269. The summed E-state index contributed by atoms with van der Waals surface area (Å²) in [6.45, 7) is 2.34. The van der Waals surface area contributed by atoms with E-state index in [9.17, 15) is 18.3 Å². The molecule has 0 saturated heterocycles. The van der Waals surface area contributed by atoms with Crippen LogP contribution in [-0.2, 0) is 23.6 Å². The molecule has 1 fully saturated rings. The summed E-state index contributed by atoms with van der Waals surface area (Å²) in [6, 6.07) is 4.99. The van der Waals surface area contributed by atoms with E-state index >= 15 is 0 Å². The number of nitrogens with one attached hydrogen (secondary N) is 2. The third-order valence-corrected chi connectivity index (χ3v) is 8.92. The zero-order valence-electron chi connectivity index (χ0n) is 21.7. The van der Waals surface area contributed by atoms with Crippen molar-refractivity contribution in [3.05, 3.63) is 53.5 Å². The molecule has 4 aromatic rings. The summed E-state index contributed by atoms with van der Waals surface area (Å²) in [4.78, 5) is 19.8. The first-order chi connectivity index (χ1) is 18.6. The number of hydrogen-bond donors (Lipinski definition) is 4. The van der Waals surface area contributed by atoms with Gasteiger partial charge in [0.1, 0.15) is 0 Å². The van der Waals surface area contributed by atoms with Crippen LogP contribution in [0.2, 0.25) is 0 Å². The number of rotatable bonds is 8. The van der Waals surface area contributed by atoms with E-state index in [1.165, 1.54) is 17.6 Å². The Morgan fingerprint density at radius 2 is 2.03 bits per heavy atom. The Bertz CT molecular complexity index is 1720. The number of aryl methyl sites for hydroxylation is 1. The van der Waals surface area contributed by atoms with Crippen LogP contribution >= 0.6 is 0 Å². The lowest BCUT2D eigenvalue weighted by Crippen LogP contribution is -2.35. The molecule has 1 aromatic carbocycles. The van der Waals surface area contributed by atoms with Gasteiger partial charge in [-0.25, -0.2) is 22.6 Å². The number of aliphatic hydroxyl groups is 1. The van der Waals surface area contributed by atoms with E-state index in [4.69, 9.17) is 10.7 Å². The minimum Gasteiger partial charge on any atom is -0.382 e. The van der Waals surface area contributed by atoms with Crippen LogP contribution in [0.3, 0.4) is 0 Å². The topological polar surface area (TPSA) is 173 Å². The summed E-state index contributed by atoms with van der Waals surface area (Å²) in [6.07, 6.45) is 5.80. The predicted molar refractivity (Wildman–Crippen MR) is 143 cm³/mol. The quantitative estimate of drug-likeness (QED) is 0.237. The molecule has 0 radical (unpaired) electrons. The molecule has 1 unspecified atom stereocenters. The number of benzene rings is 1. The van der Waals surface area contributed by atoms with Crippen LogP contribution in [-0.4, -0.2) is 61.8 Å². The third-order valence-electron chi connectivity index (χ3n) is 7.48. The molecule has 3 aromatic heterocycles. The van der Waals surface area contributed by atoms with Crippen molar-refractivity contribution in [2.75, 3.05) is 18.1 Å². The molecule has 39 heavy (non-hydrogen) atoms. The van der Waals surface area contributed by atoms with Gasteiger partial charge in [0.25, 0.3) is 5.91 Å². The molecule has 2 atom stereocenters. The number of carbonyl (C=O) groups excluding carboxylic acids is 1. The fourth-order valence-electron chi connectivity index (χ4n) is 5.18. The molecule has 204 valence electrons. The zero-order chi connectivity index (χ0) is 27.6. The predicted octanol–water partition coefficient (Wildman–Crippen LogP) is 1.48. The van der Waals surface area contributed by atoms with Gasteiger partial charge in [-0.1, -0.05) is 0 Å². The fraction of sp³-hybridized carbons (Fsp3) is 0.360. The molecule has 0 spiro atoms. The van der Waals surface area contributed by atoms with Crippen LogP contribution < -0.4 is 15.8 Å². The van der Waals surface area contributed by atoms with E-state index < -0.39 is 16.3 Å². The van der Waals surface area contributed by atoms with Gasteiger partial charge in [-0.3, -0.25) is 9.48 Å². The third kappa shape index (κ3) is 4.30. The molecule has 0 bridgehead atoms. The molecule has 5 N–H and O–H groups in total. The number of nitrogens with two attached hydrogens (primary N) is 1. The Hall–Kier alpha value is -4.01. The van der Waals surface area contributed by atoms with E-state index in [2.05, 4.69) is 20.2 Å². The van der Waals surface area contributed by atoms with Crippen molar-refractivity contribution < 1.29 is 18.3 Å². The number of nitrogen functional groups attached to an aromatic ring is 1. The summed E-state index contributed by atoms with van der Waals surface area (Å²) in [7, 11) is -0.876. The van der Waals surface area contributed by atoms with Crippen LogP contribution in [0.25, 0.3) is 16.9 Å². The van der Waals surface area contributed by atoms with Crippen LogP contribution in [0, 0.1) is 5.92 Å². The number of aromatic nitrogens is 5. The molecule has 4 heterocycles. The summed E-state index contributed by atoms with van der Waals surface area (Å²) in [5, 5.41) is 22.2. The monoisotopic (exact) mass is 551 g/mol. The molecule has 1 amide bonds. The standard InChI is InChI=1S/C25H29N9O4S/c1-13(14-4-5-14)33-11-16-8-15(9-19(20(16)25(33)36)39(37,38)27-2)18-6-7-34-23(30-18)21(22(26)31-34)24(35)29-17-10-28-32(3)12-17/h6-10,12-14,24,27,29,35H,4-5,11H2,1-3H3,(H2,26,31)/t13-,24?/m0/s1. The number of carbonyl (C=O) groups is 1. The normalized spacial score (nSPS) is 17.0. The van der Waals surface area contributed by atoms with Gasteiger partial charge >= 0.3 is 0 Å². The average molecular weight is 552 g/mol. The SMILES string of the molecule is CNS(=O)(=O)c1cc(-c2ccn3nc(N)c(C(O)Nc4cnn(C)c4)c3n2)cc2c1C(=O)N([C@@H](C)C1CC1)C2. The summed E-state index contributed by atoms with van der Waals surface area (Å²) >= 11 is 0. The fourth-order valence-corrected chi connectivity index (χ4v) is 6.17. The van der Waals surface area contributed by atoms with Crippen LogP contribution in [0.4, 0.5) is 11.5 Å². The van der Waals surface area contributed by atoms with E-state index in [1.807, 2.05) is 13.0 Å². The number of fused-ring (bicyclic) bond motifs is 2. The maximum absolute atomic E-state index is 13.4. The molecular weight excluding hydrogens is 522 g/mol. The number of hydrogen-bond acceptors (Lipinski definition) is 9. The smallest absolute Gasteiger partial charge is 0.256 e. The Morgan fingerprint density at radius 1 is 1.26 bits per heavy atom. The zero-order valence-corrected chi connectivity index (χ0v) is 22.5. The van der Waals surface area contributed by atoms with Gasteiger partial charge in [-0.05, 0) is 56.5 Å². The van der Waals surface area contributed by atoms with E-state index in [-0.39, 0.29) is 33.8 Å². The van der Waals surface area contributed by atoms with Crippen molar-refractivity contribution in [1.82, 2.24) is 34.0 Å². The van der Waals surface area contributed by atoms with Crippen molar-refractivity contribution in [3.63, 3.8) is 0 Å². The highest BCUT2D eigenvalue weighted by molar-refractivity contribution is 7.89. The highest BCUT2D eigenvalue weighted by atomic mass is 32.2. The van der Waals surface area contributed by atoms with Gasteiger partial charge in [-0.2, -0.15) is 5.10 Å². The second-order valence-electron chi connectivity index (χ2n) is 10.1. The van der Waals surface area contributed by atoms with E-state index in [1.54, 1.807) is 41.3 Å². The van der Waals surface area contributed by atoms with Gasteiger partial charge in [0.2, 0.25) is 10.0 Å². The largest absolute Gasteiger partial charge is 0.382 e. The number of anilines is 2. The Morgan fingerprint density at radius 3 is 2.69 bits per heavy atom. The van der Waals surface area contributed by atoms with Crippen molar-refractivity contribution in [2.45, 2.75) is 43.5 Å². The number of sulfonamides is 1. The van der Waals surface area contributed by atoms with Crippen molar-refractivity contribution in [2.24, 2.45) is 13.0 Å². The summed E-state index contributed by atoms with van der Waals surface area (Å²) in [5.41, 5.74) is 9.07. The maximum atomic E-state index is 13.4. The van der Waals surface area contributed by atoms with Gasteiger partial charge in [0.05, 0.1) is 33.6 Å². The van der Waals surface area contributed by atoms with Crippen LogP contribution in [0.15, 0.2) is 41.7 Å². The first-order valence-electron chi connectivity index (χ1n) is 12.6. The summed E-state index contributed by atoms with van der Waals surface area (Å²) in [5.74, 6) is 0.253. The average Bonchev–Trinajstić information content (AvgIpc) is 3.48. The highest BCUT2D eigenvalue weighted by Crippen LogP contribution is 2.40. The van der Waals surface area contributed by atoms with Gasteiger partial charge in [-0.15, -0.1) is 5.10 Å². The van der Waals surface area contributed by atoms with E-state index in [0.29, 0.717) is 40.6 Å². The lowest BCUT2D eigenvalue weighted by atomic mass is 10.0. The first kappa shape index (κ1) is 25.3. The number of nitrogens with zero attached hydrogens (tertiary/aromatic N) is 6. The maximum Gasteiger partial charge on any atom is 0.256 e. The minimum atomic E-state index is -3.95. The van der Waals surface area contributed by atoms with Crippen molar-refractivity contribution >= 4 is 33.1 Å². The molecule has 6 rings (SSSR count). The van der Waals surface area contributed by atoms with Crippen LogP contribution in [0.1, 0.15) is 47.5 Å². The lowest BCUT2D eigenvalue weighted by Gasteiger charge is -2.24. The second kappa shape index (κ2) is 9.03. The van der Waals surface area contributed by atoms with Gasteiger partial charge in [0, 0.05) is 37.6 Å². The molecule has 14 heteroatoms. The highest BCUT2D eigenvalue weighted by Gasteiger charge is 2.41. The first-order valence-corrected chi connectivity index (χ1v) is 14.1. The molecule has 1 saturated carbocycles.